The second kappa shape index (κ2) is 5.59. The van der Waals surface area contributed by atoms with Gasteiger partial charge in [0, 0.05) is 20.9 Å². The molecule has 0 bridgehead atoms. The predicted octanol–water partition coefficient (Wildman–Crippen LogP) is 2.23. The number of nitrogens with one attached hydrogen (secondary N) is 1. The third kappa shape index (κ3) is 3.04. The molecule has 0 saturated heterocycles. The highest BCUT2D eigenvalue weighted by Crippen LogP contribution is 2.28. The van der Waals surface area contributed by atoms with Crippen LogP contribution in [0.2, 0.25) is 0 Å². The number of hydrogen-bond acceptors (Lipinski definition) is 5. The molecule has 0 saturated carbocycles. The molecule has 0 aliphatic carbocycles. The lowest BCUT2D eigenvalue weighted by atomic mass is 10.1. The van der Waals surface area contributed by atoms with Crippen molar-refractivity contribution in [3.8, 4) is 0 Å². The fraction of sp³-hybridized carbons (Fsp3) is 0.182. The summed E-state index contributed by atoms with van der Waals surface area (Å²) in [5.41, 5.74) is 9.63. The van der Waals surface area contributed by atoms with Gasteiger partial charge in [0.05, 0.1) is 6.04 Å². The molecule has 0 radical (unpaired) electrons. The molecule has 90 valence electrons. The van der Waals surface area contributed by atoms with Crippen LogP contribution in [0, 0.1) is 0 Å². The zero-order valence-corrected chi connectivity index (χ0v) is 11.5. The molecular formula is C11H13BrN4S. The molecule has 2 heterocycles. The molecule has 0 aliphatic rings. The van der Waals surface area contributed by atoms with Crippen molar-refractivity contribution >= 4 is 33.1 Å². The van der Waals surface area contributed by atoms with Crippen LogP contribution in [0.5, 0.6) is 0 Å². The van der Waals surface area contributed by atoms with E-state index in [4.69, 9.17) is 11.6 Å². The Kier molecular flexibility index (Phi) is 4.11. The van der Waals surface area contributed by atoms with E-state index in [1.54, 1.807) is 17.5 Å². The molecule has 0 aliphatic heterocycles. The molecule has 2 aromatic rings. The fourth-order valence-corrected chi connectivity index (χ4v) is 3.10. The standard InChI is InChI=1S/C11H13BrN4S/c12-8-5-10(17-6-8)9(16-14)4-7-2-1-3-15-11(7)13/h1-3,5-6,9,16H,4,14H2,(H2,13,15). The van der Waals surface area contributed by atoms with Gasteiger partial charge in [0.1, 0.15) is 5.82 Å². The summed E-state index contributed by atoms with van der Waals surface area (Å²) in [7, 11) is 0. The molecule has 17 heavy (non-hydrogen) atoms. The summed E-state index contributed by atoms with van der Waals surface area (Å²) < 4.78 is 1.07. The van der Waals surface area contributed by atoms with Gasteiger partial charge in [0.25, 0.3) is 0 Å². The van der Waals surface area contributed by atoms with Gasteiger partial charge >= 0.3 is 0 Å². The summed E-state index contributed by atoms with van der Waals surface area (Å²) in [4.78, 5) is 5.24. The van der Waals surface area contributed by atoms with Crippen LogP contribution in [0.3, 0.4) is 0 Å². The second-order valence-electron chi connectivity index (χ2n) is 3.64. The summed E-state index contributed by atoms with van der Waals surface area (Å²) in [5.74, 6) is 6.15. The van der Waals surface area contributed by atoms with Crippen molar-refractivity contribution in [2.45, 2.75) is 12.5 Å². The van der Waals surface area contributed by atoms with Crippen molar-refractivity contribution < 1.29 is 0 Å². The highest BCUT2D eigenvalue weighted by molar-refractivity contribution is 9.10. The summed E-state index contributed by atoms with van der Waals surface area (Å²) in [5, 5.41) is 2.03. The molecule has 5 N–H and O–H groups in total. The van der Waals surface area contributed by atoms with Gasteiger partial charge < -0.3 is 5.73 Å². The molecule has 2 aromatic heterocycles. The number of pyridine rings is 1. The van der Waals surface area contributed by atoms with Crippen molar-refractivity contribution in [3.05, 3.63) is 44.7 Å². The Morgan fingerprint density at radius 2 is 2.35 bits per heavy atom. The maximum Gasteiger partial charge on any atom is 0.126 e. The van der Waals surface area contributed by atoms with Crippen LogP contribution in [0.15, 0.2) is 34.2 Å². The molecule has 1 atom stereocenters. The molecule has 0 fully saturated rings. The number of hydrogen-bond donors (Lipinski definition) is 3. The van der Waals surface area contributed by atoms with Gasteiger partial charge in [0.15, 0.2) is 0 Å². The smallest absolute Gasteiger partial charge is 0.126 e. The monoisotopic (exact) mass is 312 g/mol. The molecule has 0 aromatic carbocycles. The highest BCUT2D eigenvalue weighted by Gasteiger charge is 2.14. The van der Waals surface area contributed by atoms with Gasteiger partial charge in [-0.1, -0.05) is 6.07 Å². The van der Waals surface area contributed by atoms with Crippen LogP contribution in [0.25, 0.3) is 0 Å². The van der Waals surface area contributed by atoms with E-state index in [0.717, 1.165) is 16.5 Å². The van der Waals surface area contributed by atoms with Crippen molar-refractivity contribution in [2.75, 3.05) is 5.73 Å². The number of aromatic nitrogens is 1. The first kappa shape index (κ1) is 12.5. The van der Waals surface area contributed by atoms with E-state index >= 15 is 0 Å². The van der Waals surface area contributed by atoms with Gasteiger partial charge in [-0.3, -0.25) is 11.3 Å². The van der Waals surface area contributed by atoms with Gasteiger partial charge in [-0.15, -0.1) is 11.3 Å². The van der Waals surface area contributed by atoms with Crippen LogP contribution >= 0.6 is 27.3 Å². The quantitative estimate of drug-likeness (QED) is 0.597. The zero-order chi connectivity index (χ0) is 12.3. The van der Waals surface area contributed by atoms with E-state index in [1.807, 2.05) is 17.5 Å². The third-order valence-electron chi connectivity index (χ3n) is 2.48. The van der Waals surface area contributed by atoms with Crippen LogP contribution in [-0.4, -0.2) is 4.98 Å². The van der Waals surface area contributed by atoms with Gasteiger partial charge in [-0.25, -0.2) is 4.98 Å². The highest BCUT2D eigenvalue weighted by atomic mass is 79.9. The number of hydrazine groups is 1. The van der Waals surface area contributed by atoms with Crippen molar-refractivity contribution in [3.63, 3.8) is 0 Å². The Balaban J connectivity index is 2.18. The Hall–Kier alpha value is -0.950. The third-order valence-corrected chi connectivity index (χ3v) is 4.29. The minimum atomic E-state index is 0.0535. The number of nitrogens with zero attached hydrogens (tertiary/aromatic N) is 1. The van der Waals surface area contributed by atoms with Gasteiger partial charge in [0.2, 0.25) is 0 Å². The zero-order valence-electron chi connectivity index (χ0n) is 9.06. The summed E-state index contributed by atoms with van der Waals surface area (Å²) >= 11 is 5.09. The topological polar surface area (TPSA) is 77.0 Å². The van der Waals surface area contributed by atoms with E-state index in [2.05, 4.69) is 32.4 Å². The first-order valence-electron chi connectivity index (χ1n) is 5.10. The van der Waals surface area contributed by atoms with E-state index in [-0.39, 0.29) is 6.04 Å². The minimum Gasteiger partial charge on any atom is -0.383 e. The summed E-state index contributed by atoms with van der Waals surface area (Å²) in [6.45, 7) is 0. The fourth-order valence-electron chi connectivity index (χ4n) is 1.60. The number of rotatable bonds is 4. The van der Waals surface area contributed by atoms with Crippen LogP contribution in [-0.2, 0) is 6.42 Å². The lowest BCUT2D eigenvalue weighted by molar-refractivity contribution is 0.560. The largest absolute Gasteiger partial charge is 0.383 e. The molecule has 2 rings (SSSR count). The van der Waals surface area contributed by atoms with Crippen molar-refractivity contribution in [1.82, 2.24) is 10.4 Å². The van der Waals surface area contributed by atoms with Gasteiger partial charge in [-0.05, 0) is 40.0 Å². The number of thiophene rings is 1. The average molecular weight is 313 g/mol. The maximum atomic E-state index is 5.82. The normalized spacial score (nSPS) is 12.6. The molecular weight excluding hydrogens is 300 g/mol. The first-order chi connectivity index (χ1) is 8.20. The van der Waals surface area contributed by atoms with Gasteiger partial charge in [-0.2, -0.15) is 0 Å². The van der Waals surface area contributed by atoms with E-state index < -0.39 is 0 Å². The number of nitrogen functional groups attached to an aromatic ring is 1. The van der Waals surface area contributed by atoms with E-state index in [9.17, 15) is 0 Å². The minimum absolute atomic E-state index is 0.0535. The second-order valence-corrected chi connectivity index (χ2v) is 5.50. The van der Waals surface area contributed by atoms with Crippen LogP contribution < -0.4 is 17.0 Å². The van der Waals surface area contributed by atoms with E-state index in [0.29, 0.717) is 5.82 Å². The lowest BCUT2D eigenvalue weighted by Crippen LogP contribution is -2.29. The Bertz CT molecular complexity index is 500. The van der Waals surface area contributed by atoms with Crippen LogP contribution in [0.1, 0.15) is 16.5 Å². The Labute approximate surface area is 112 Å². The molecule has 1 unspecified atom stereocenters. The predicted molar refractivity (Wildman–Crippen MR) is 74.4 cm³/mol. The SMILES string of the molecule is NNC(Cc1cccnc1N)c1cc(Br)cs1. The number of halogens is 1. The summed E-state index contributed by atoms with van der Waals surface area (Å²) in [6, 6.07) is 5.96. The average Bonchev–Trinajstić information content (AvgIpc) is 2.75. The first-order valence-corrected chi connectivity index (χ1v) is 6.77. The maximum absolute atomic E-state index is 5.82. The molecule has 0 amide bonds. The molecule has 4 nitrogen and oxygen atoms in total. The Morgan fingerprint density at radius 3 is 2.94 bits per heavy atom. The molecule has 0 spiro atoms. The molecule has 6 heteroatoms. The van der Waals surface area contributed by atoms with E-state index in [1.165, 1.54) is 4.88 Å². The number of anilines is 1. The number of nitrogens with two attached hydrogens (primary N) is 2. The van der Waals surface area contributed by atoms with Crippen LogP contribution in [0.4, 0.5) is 5.82 Å². The van der Waals surface area contributed by atoms with Crippen molar-refractivity contribution in [2.24, 2.45) is 5.84 Å². The van der Waals surface area contributed by atoms with Crippen molar-refractivity contribution in [1.29, 1.82) is 0 Å². The summed E-state index contributed by atoms with van der Waals surface area (Å²) in [6.07, 6.45) is 2.41. The lowest BCUT2D eigenvalue weighted by Gasteiger charge is -2.14. The Morgan fingerprint density at radius 1 is 1.53 bits per heavy atom.